The molecule has 10 nitrogen and oxygen atoms in total. The second kappa shape index (κ2) is 15.0. The SMILES string of the molecule is CC(C)(C)S(=O)(=O)C[C@H](Cc1ccccc1)C(=O)NN(C(=O)CCc1c[nH]cn1)[C@@H](CC1CCCCC1)[C@@H](O)[C@@H](O)C1CC1. The maximum atomic E-state index is 14.1. The van der Waals surface area contributed by atoms with Crippen LogP contribution >= 0.6 is 0 Å². The summed E-state index contributed by atoms with van der Waals surface area (Å²) in [5, 5.41) is 23.8. The Hall–Kier alpha value is -2.76. The van der Waals surface area contributed by atoms with Gasteiger partial charge in [0.1, 0.15) is 6.10 Å². The van der Waals surface area contributed by atoms with E-state index in [0.29, 0.717) is 18.5 Å². The van der Waals surface area contributed by atoms with Gasteiger partial charge in [-0.25, -0.2) is 18.4 Å². The number of nitrogens with one attached hydrogen (secondary N) is 2. The minimum Gasteiger partial charge on any atom is -0.390 e. The lowest BCUT2D eigenvalue weighted by atomic mass is 9.82. The van der Waals surface area contributed by atoms with E-state index in [9.17, 15) is 28.2 Å². The van der Waals surface area contributed by atoms with Crippen molar-refractivity contribution < 1.29 is 28.2 Å². The summed E-state index contributed by atoms with van der Waals surface area (Å²) in [7, 11) is -3.70. The van der Waals surface area contributed by atoms with Crippen LogP contribution < -0.4 is 5.43 Å². The number of sulfone groups is 1. The Kier molecular flexibility index (Phi) is 11.6. The van der Waals surface area contributed by atoms with Gasteiger partial charge in [-0.2, -0.15) is 0 Å². The number of aliphatic hydroxyl groups is 2. The molecular weight excluding hydrogens is 580 g/mol. The Morgan fingerprint density at radius 2 is 1.75 bits per heavy atom. The van der Waals surface area contributed by atoms with Crippen molar-refractivity contribution in [3.8, 4) is 0 Å². The molecule has 0 radical (unpaired) electrons. The van der Waals surface area contributed by atoms with Gasteiger partial charge in [0.15, 0.2) is 9.84 Å². The van der Waals surface area contributed by atoms with Crippen molar-refractivity contribution in [2.45, 2.75) is 114 Å². The quantitative estimate of drug-likeness (QED) is 0.232. The second-order valence-corrected chi connectivity index (χ2v) is 16.5. The average molecular weight is 631 g/mol. The summed E-state index contributed by atoms with van der Waals surface area (Å²) in [6.45, 7) is 4.83. The fraction of sp³-hybridized carbons (Fsp3) is 0.667. The number of imidazole rings is 1. The number of hydrogen-bond acceptors (Lipinski definition) is 7. The molecule has 1 aromatic heterocycles. The number of rotatable bonds is 14. The molecule has 1 heterocycles. The lowest BCUT2D eigenvalue weighted by Gasteiger charge is -2.40. The Morgan fingerprint density at radius 3 is 2.34 bits per heavy atom. The van der Waals surface area contributed by atoms with Crippen LogP contribution in [0.3, 0.4) is 0 Å². The summed E-state index contributed by atoms with van der Waals surface area (Å²) in [4.78, 5) is 35.2. The van der Waals surface area contributed by atoms with E-state index in [4.69, 9.17) is 0 Å². The van der Waals surface area contributed by atoms with E-state index >= 15 is 0 Å². The van der Waals surface area contributed by atoms with Crippen molar-refractivity contribution in [3.05, 3.63) is 54.1 Å². The van der Waals surface area contributed by atoms with Crippen LogP contribution in [0.4, 0.5) is 0 Å². The molecule has 4 rings (SSSR count). The summed E-state index contributed by atoms with van der Waals surface area (Å²) in [6.07, 6.45) is 8.65. The largest absolute Gasteiger partial charge is 0.390 e. The fourth-order valence-electron chi connectivity index (χ4n) is 6.07. The number of aryl methyl sites for hydroxylation is 1. The van der Waals surface area contributed by atoms with E-state index in [0.717, 1.165) is 50.5 Å². The van der Waals surface area contributed by atoms with Crippen LogP contribution in [0.1, 0.15) is 89.8 Å². The number of hydrogen-bond donors (Lipinski definition) is 4. The highest BCUT2D eigenvalue weighted by molar-refractivity contribution is 7.92. The van der Waals surface area contributed by atoms with Gasteiger partial charge in [-0.05, 0) is 70.3 Å². The molecule has 4 N–H and O–H groups in total. The molecule has 1 aromatic carbocycles. The van der Waals surface area contributed by atoms with E-state index in [1.807, 2.05) is 30.3 Å². The summed E-state index contributed by atoms with van der Waals surface area (Å²) < 4.78 is 25.6. The van der Waals surface area contributed by atoms with Gasteiger partial charge in [0.05, 0.1) is 40.6 Å². The van der Waals surface area contributed by atoms with Crippen LogP contribution in [0.25, 0.3) is 0 Å². The number of benzene rings is 1. The molecule has 2 fully saturated rings. The van der Waals surface area contributed by atoms with Crippen LogP contribution in [0.2, 0.25) is 0 Å². The van der Waals surface area contributed by atoms with Gasteiger partial charge < -0.3 is 15.2 Å². The Bertz CT molecular complexity index is 1300. The van der Waals surface area contributed by atoms with E-state index < -0.39 is 56.3 Å². The van der Waals surface area contributed by atoms with Crippen LogP contribution in [0, 0.1) is 17.8 Å². The molecule has 0 aliphatic heterocycles. The van der Waals surface area contributed by atoms with Gasteiger partial charge in [-0.3, -0.25) is 15.0 Å². The van der Waals surface area contributed by atoms with E-state index in [-0.39, 0.29) is 24.7 Å². The van der Waals surface area contributed by atoms with Gasteiger partial charge in [0.25, 0.3) is 0 Å². The molecule has 44 heavy (non-hydrogen) atoms. The molecule has 2 amide bonds. The molecule has 2 saturated carbocycles. The molecule has 2 aromatic rings. The lowest BCUT2D eigenvalue weighted by Crippen LogP contribution is -2.60. The molecular formula is C33H50N4O6S. The number of amides is 2. The van der Waals surface area contributed by atoms with Crippen molar-refractivity contribution in [3.63, 3.8) is 0 Å². The first-order valence-corrected chi connectivity index (χ1v) is 17.7. The predicted molar refractivity (Wildman–Crippen MR) is 169 cm³/mol. The van der Waals surface area contributed by atoms with Crippen LogP contribution in [-0.4, -0.2) is 74.2 Å². The van der Waals surface area contributed by atoms with Crippen LogP contribution in [0.5, 0.6) is 0 Å². The summed E-state index contributed by atoms with van der Waals surface area (Å²) in [5.41, 5.74) is 4.29. The zero-order chi connectivity index (χ0) is 31.9. The third-order valence-electron chi connectivity index (χ3n) is 9.18. The highest BCUT2D eigenvalue weighted by Crippen LogP contribution is 2.37. The molecule has 244 valence electrons. The molecule has 2 aliphatic carbocycles. The number of H-pyrrole nitrogens is 1. The van der Waals surface area contributed by atoms with E-state index in [1.54, 1.807) is 27.0 Å². The number of aromatic nitrogens is 2. The zero-order valence-electron chi connectivity index (χ0n) is 26.3. The number of hydrazine groups is 1. The normalized spacial score (nSPS) is 19.1. The summed E-state index contributed by atoms with van der Waals surface area (Å²) in [5.74, 6) is -2.21. The molecule has 4 atom stereocenters. The first kappa shape index (κ1) is 34.1. The van der Waals surface area contributed by atoms with Crippen molar-refractivity contribution in [1.29, 1.82) is 0 Å². The molecule has 0 bridgehead atoms. The Balaban J connectivity index is 1.65. The lowest BCUT2D eigenvalue weighted by molar-refractivity contribution is -0.153. The minimum absolute atomic E-state index is 0.0161. The first-order chi connectivity index (χ1) is 20.9. The molecule has 0 spiro atoms. The van der Waals surface area contributed by atoms with Crippen molar-refractivity contribution in [2.24, 2.45) is 17.8 Å². The number of nitrogens with zero attached hydrogens (tertiary/aromatic N) is 2. The topological polar surface area (TPSA) is 153 Å². The summed E-state index contributed by atoms with van der Waals surface area (Å²) in [6, 6.07) is 8.36. The van der Waals surface area contributed by atoms with Crippen LogP contribution in [0.15, 0.2) is 42.9 Å². The van der Waals surface area contributed by atoms with Gasteiger partial charge in [0, 0.05) is 12.6 Å². The standard InChI is InChI=1S/C33H50N4O6S/c1-33(2,3)44(42,43)21-26(18-23-10-6-4-7-11-23)32(41)36-37(29(38)17-16-27-20-34-22-35-27)28(19-24-12-8-5-9-13-24)31(40)30(39)25-14-15-25/h4,6-7,10-11,20,22,24-26,28,30-31,39-40H,5,8-9,12-19,21H2,1-3H3,(H,34,35)(H,36,41)/t26-,28-,30-,31+/m0/s1. The molecule has 0 saturated heterocycles. The van der Waals surface area contributed by atoms with Crippen LogP contribution in [-0.2, 0) is 32.3 Å². The number of aliphatic hydroxyl groups excluding tert-OH is 2. The minimum atomic E-state index is -3.70. The van der Waals surface area contributed by atoms with Gasteiger partial charge in [0.2, 0.25) is 11.8 Å². The predicted octanol–water partition coefficient (Wildman–Crippen LogP) is 3.75. The third-order valence-corrected chi connectivity index (χ3v) is 11.9. The Labute approximate surface area is 261 Å². The van der Waals surface area contributed by atoms with Gasteiger partial charge >= 0.3 is 0 Å². The van der Waals surface area contributed by atoms with Gasteiger partial charge in [-0.1, -0.05) is 62.4 Å². The van der Waals surface area contributed by atoms with Crippen molar-refractivity contribution in [2.75, 3.05) is 5.75 Å². The first-order valence-electron chi connectivity index (χ1n) is 16.1. The molecule has 11 heteroatoms. The maximum Gasteiger partial charge on any atom is 0.243 e. The number of carbonyl (C=O) groups excluding carboxylic acids is 2. The molecule has 2 aliphatic rings. The zero-order valence-corrected chi connectivity index (χ0v) is 27.1. The summed E-state index contributed by atoms with van der Waals surface area (Å²) >= 11 is 0. The van der Waals surface area contributed by atoms with Crippen molar-refractivity contribution >= 4 is 21.7 Å². The fourth-order valence-corrected chi connectivity index (χ4v) is 7.37. The Morgan fingerprint density at radius 1 is 1.07 bits per heavy atom. The van der Waals surface area contributed by atoms with E-state index in [2.05, 4.69) is 15.4 Å². The van der Waals surface area contributed by atoms with Crippen molar-refractivity contribution in [1.82, 2.24) is 20.4 Å². The number of carbonyl (C=O) groups is 2. The maximum absolute atomic E-state index is 14.1. The highest BCUT2D eigenvalue weighted by Gasteiger charge is 2.43. The van der Waals surface area contributed by atoms with Gasteiger partial charge in [-0.15, -0.1) is 0 Å². The number of aromatic amines is 1. The highest BCUT2D eigenvalue weighted by atomic mass is 32.2. The average Bonchev–Trinajstić information content (AvgIpc) is 3.71. The molecule has 0 unspecified atom stereocenters. The van der Waals surface area contributed by atoms with E-state index in [1.165, 1.54) is 11.3 Å². The third kappa shape index (κ3) is 9.37. The smallest absolute Gasteiger partial charge is 0.243 e. The monoisotopic (exact) mass is 630 g/mol. The second-order valence-electron chi connectivity index (χ2n) is 13.7.